The molecule has 0 saturated heterocycles. The molecular weight excluding hydrogens is 271 g/mol. The van der Waals surface area contributed by atoms with Crippen molar-refractivity contribution in [2.24, 2.45) is 0 Å². The van der Waals surface area contributed by atoms with Gasteiger partial charge in [0.05, 0.1) is 0 Å². The highest BCUT2D eigenvalue weighted by atomic mass is 19.1. The minimum atomic E-state index is -0.549. The summed E-state index contributed by atoms with van der Waals surface area (Å²) in [5, 5.41) is 2.80. The standard InChI is InChI=1S/C16H17FN2O2/c1-3-12-6-4-5-11(2)16(12)18-14(20)10-19-9-13(17)7-8-15(19)21/h4-9H,3,10H2,1-2H3,(H,18,20). The highest BCUT2D eigenvalue weighted by Crippen LogP contribution is 2.20. The van der Waals surface area contributed by atoms with Crippen LogP contribution in [0.5, 0.6) is 0 Å². The molecule has 0 atom stereocenters. The zero-order valence-electron chi connectivity index (χ0n) is 12.0. The summed E-state index contributed by atoms with van der Waals surface area (Å²) in [4.78, 5) is 23.6. The highest BCUT2D eigenvalue weighted by molar-refractivity contribution is 5.92. The topological polar surface area (TPSA) is 51.1 Å². The van der Waals surface area contributed by atoms with Crippen molar-refractivity contribution >= 4 is 11.6 Å². The second-order valence-electron chi connectivity index (χ2n) is 4.82. The lowest BCUT2D eigenvalue weighted by Crippen LogP contribution is -2.27. The molecule has 1 aromatic heterocycles. The average Bonchev–Trinajstić information content (AvgIpc) is 2.45. The SMILES string of the molecule is CCc1cccc(C)c1NC(=O)Cn1cc(F)ccc1=O. The van der Waals surface area contributed by atoms with Gasteiger partial charge in [-0.2, -0.15) is 0 Å². The van der Waals surface area contributed by atoms with Crippen LogP contribution >= 0.6 is 0 Å². The molecule has 21 heavy (non-hydrogen) atoms. The molecule has 1 amide bonds. The fourth-order valence-electron chi connectivity index (χ4n) is 2.16. The molecule has 0 radical (unpaired) electrons. The van der Waals surface area contributed by atoms with Crippen LogP contribution in [-0.2, 0) is 17.8 Å². The van der Waals surface area contributed by atoms with Gasteiger partial charge in [0, 0.05) is 18.0 Å². The molecule has 0 aliphatic heterocycles. The molecule has 1 N–H and O–H groups in total. The first kappa shape index (κ1) is 15.0. The van der Waals surface area contributed by atoms with Crippen molar-refractivity contribution in [3.63, 3.8) is 0 Å². The Morgan fingerprint density at radius 1 is 1.29 bits per heavy atom. The summed E-state index contributed by atoms with van der Waals surface area (Å²) in [6.07, 6.45) is 1.82. The molecule has 1 aromatic carbocycles. The smallest absolute Gasteiger partial charge is 0.251 e. The number of halogens is 1. The Labute approximate surface area is 122 Å². The van der Waals surface area contributed by atoms with E-state index in [9.17, 15) is 14.0 Å². The van der Waals surface area contributed by atoms with Crippen molar-refractivity contribution in [3.05, 3.63) is 63.8 Å². The molecule has 2 rings (SSSR count). The lowest BCUT2D eigenvalue weighted by molar-refractivity contribution is -0.116. The zero-order chi connectivity index (χ0) is 15.4. The summed E-state index contributed by atoms with van der Waals surface area (Å²) >= 11 is 0. The molecule has 0 saturated carbocycles. The van der Waals surface area contributed by atoms with E-state index in [1.165, 1.54) is 0 Å². The first-order valence-electron chi connectivity index (χ1n) is 6.75. The quantitative estimate of drug-likeness (QED) is 0.939. The molecule has 0 bridgehead atoms. The van der Waals surface area contributed by atoms with Crippen LogP contribution < -0.4 is 10.9 Å². The minimum Gasteiger partial charge on any atom is -0.324 e. The largest absolute Gasteiger partial charge is 0.324 e. The van der Waals surface area contributed by atoms with Crippen molar-refractivity contribution < 1.29 is 9.18 Å². The van der Waals surface area contributed by atoms with Crippen LogP contribution in [0.1, 0.15) is 18.1 Å². The first-order chi connectivity index (χ1) is 10.0. The Bertz CT molecular complexity index is 722. The van der Waals surface area contributed by atoms with Gasteiger partial charge in [0.25, 0.3) is 5.56 Å². The number of nitrogens with one attached hydrogen (secondary N) is 1. The predicted octanol–water partition coefficient (Wildman–Crippen LogP) is 2.50. The fraction of sp³-hybridized carbons (Fsp3) is 0.250. The third-order valence-electron chi connectivity index (χ3n) is 3.27. The average molecular weight is 288 g/mol. The lowest BCUT2D eigenvalue weighted by atomic mass is 10.1. The van der Waals surface area contributed by atoms with E-state index in [0.29, 0.717) is 0 Å². The molecule has 0 spiro atoms. The molecule has 110 valence electrons. The van der Waals surface area contributed by atoms with Gasteiger partial charge in [0.1, 0.15) is 12.4 Å². The maximum Gasteiger partial charge on any atom is 0.251 e. The Balaban J connectivity index is 2.19. The summed E-state index contributed by atoms with van der Waals surface area (Å²) < 4.78 is 14.2. The highest BCUT2D eigenvalue weighted by Gasteiger charge is 2.10. The molecule has 1 heterocycles. The summed E-state index contributed by atoms with van der Waals surface area (Å²) in [6.45, 7) is 3.69. The van der Waals surface area contributed by atoms with Crippen LogP contribution in [0.25, 0.3) is 0 Å². The van der Waals surface area contributed by atoms with Crippen molar-refractivity contribution in [2.75, 3.05) is 5.32 Å². The van der Waals surface area contributed by atoms with Crippen LogP contribution in [0.2, 0.25) is 0 Å². The van der Waals surface area contributed by atoms with Gasteiger partial charge in [0.15, 0.2) is 0 Å². The van der Waals surface area contributed by atoms with Crippen molar-refractivity contribution in [1.82, 2.24) is 4.57 Å². The van der Waals surface area contributed by atoms with Crippen molar-refractivity contribution in [3.8, 4) is 0 Å². The summed E-state index contributed by atoms with van der Waals surface area (Å²) in [6, 6.07) is 7.96. The predicted molar refractivity (Wildman–Crippen MR) is 79.8 cm³/mol. The third-order valence-corrected chi connectivity index (χ3v) is 3.27. The van der Waals surface area contributed by atoms with Crippen LogP contribution in [0.15, 0.2) is 41.3 Å². The van der Waals surface area contributed by atoms with Gasteiger partial charge >= 0.3 is 0 Å². The van der Waals surface area contributed by atoms with Gasteiger partial charge in [-0.3, -0.25) is 9.59 Å². The number of rotatable bonds is 4. The molecule has 0 unspecified atom stereocenters. The molecular formula is C16H17FN2O2. The lowest BCUT2D eigenvalue weighted by Gasteiger charge is -2.13. The van der Waals surface area contributed by atoms with E-state index < -0.39 is 11.4 Å². The van der Waals surface area contributed by atoms with Gasteiger partial charge in [-0.05, 0) is 30.5 Å². The number of hydrogen-bond acceptors (Lipinski definition) is 2. The number of aromatic nitrogens is 1. The molecule has 0 aliphatic carbocycles. The minimum absolute atomic E-state index is 0.214. The van der Waals surface area contributed by atoms with E-state index in [-0.39, 0.29) is 12.5 Å². The Morgan fingerprint density at radius 2 is 2.05 bits per heavy atom. The Hall–Kier alpha value is -2.43. The van der Waals surface area contributed by atoms with Gasteiger partial charge in [-0.1, -0.05) is 25.1 Å². The monoisotopic (exact) mass is 288 g/mol. The van der Waals surface area contributed by atoms with E-state index in [4.69, 9.17) is 0 Å². The number of para-hydroxylation sites is 1. The van der Waals surface area contributed by atoms with E-state index in [0.717, 1.165) is 46.1 Å². The molecule has 5 heteroatoms. The first-order valence-corrected chi connectivity index (χ1v) is 6.75. The number of carbonyl (C=O) groups is 1. The Morgan fingerprint density at radius 3 is 2.76 bits per heavy atom. The van der Waals surface area contributed by atoms with Crippen molar-refractivity contribution in [1.29, 1.82) is 0 Å². The van der Waals surface area contributed by atoms with Gasteiger partial charge in [-0.25, -0.2) is 4.39 Å². The Kier molecular flexibility index (Phi) is 4.52. The second kappa shape index (κ2) is 6.35. The summed E-state index contributed by atoms with van der Waals surface area (Å²) in [5.74, 6) is -0.903. The number of pyridine rings is 1. The zero-order valence-corrected chi connectivity index (χ0v) is 12.0. The van der Waals surface area contributed by atoms with E-state index in [1.54, 1.807) is 0 Å². The number of aryl methyl sites for hydroxylation is 2. The number of carbonyl (C=O) groups excluding carboxylic acids is 1. The van der Waals surface area contributed by atoms with Crippen molar-refractivity contribution in [2.45, 2.75) is 26.8 Å². The van der Waals surface area contributed by atoms with Crippen LogP contribution in [0, 0.1) is 12.7 Å². The van der Waals surface area contributed by atoms with Gasteiger partial charge < -0.3 is 9.88 Å². The maximum absolute atomic E-state index is 13.1. The molecule has 0 fully saturated rings. The van der Waals surface area contributed by atoms with Crippen LogP contribution in [0.4, 0.5) is 10.1 Å². The normalized spacial score (nSPS) is 10.4. The van der Waals surface area contributed by atoms with E-state index in [2.05, 4.69) is 5.32 Å². The third kappa shape index (κ3) is 3.56. The number of nitrogens with zero attached hydrogens (tertiary/aromatic N) is 1. The summed E-state index contributed by atoms with van der Waals surface area (Å²) in [7, 11) is 0. The number of benzene rings is 1. The number of anilines is 1. The molecule has 2 aromatic rings. The fourth-order valence-corrected chi connectivity index (χ4v) is 2.16. The second-order valence-corrected chi connectivity index (χ2v) is 4.82. The van der Waals surface area contributed by atoms with Crippen LogP contribution in [0.3, 0.4) is 0 Å². The van der Waals surface area contributed by atoms with E-state index >= 15 is 0 Å². The van der Waals surface area contributed by atoms with Gasteiger partial charge in [0.2, 0.25) is 5.91 Å². The maximum atomic E-state index is 13.1. The summed E-state index contributed by atoms with van der Waals surface area (Å²) in [5.41, 5.74) is 2.32. The number of hydrogen-bond donors (Lipinski definition) is 1. The number of amides is 1. The van der Waals surface area contributed by atoms with Crippen LogP contribution in [-0.4, -0.2) is 10.5 Å². The van der Waals surface area contributed by atoms with Gasteiger partial charge in [-0.15, -0.1) is 0 Å². The van der Waals surface area contributed by atoms with E-state index in [1.807, 2.05) is 32.0 Å². The molecule has 0 aliphatic rings. The molecule has 4 nitrogen and oxygen atoms in total.